The molecule has 1 heterocycles. The number of hydrazone groups is 1. The zero-order chi connectivity index (χ0) is 23.0. The van der Waals surface area contributed by atoms with Crippen molar-refractivity contribution in [1.82, 2.24) is 20.2 Å². The predicted octanol–water partition coefficient (Wildman–Crippen LogP) is 5.55. The van der Waals surface area contributed by atoms with Crippen molar-refractivity contribution in [1.29, 1.82) is 0 Å². The molecule has 6 nitrogen and oxygen atoms in total. The molecule has 0 bridgehead atoms. The summed E-state index contributed by atoms with van der Waals surface area (Å²) < 4.78 is 1.93. The van der Waals surface area contributed by atoms with Crippen molar-refractivity contribution in [3.63, 3.8) is 0 Å². The van der Waals surface area contributed by atoms with Crippen molar-refractivity contribution >= 4 is 47.2 Å². The number of carbonyl (C=O) groups excluding carboxylic acids is 1. The highest BCUT2D eigenvalue weighted by Gasteiger charge is 2.17. The van der Waals surface area contributed by atoms with Crippen LogP contribution in [0.5, 0.6) is 0 Å². The number of thioether (sulfide) groups is 2. The van der Waals surface area contributed by atoms with E-state index in [0.717, 1.165) is 16.8 Å². The summed E-state index contributed by atoms with van der Waals surface area (Å²) in [5, 5.41) is 14.0. The summed E-state index contributed by atoms with van der Waals surface area (Å²) in [4.78, 5) is 13.5. The summed E-state index contributed by atoms with van der Waals surface area (Å²) in [6, 6.07) is 25.1. The molecule has 1 amide bonds. The number of halogens is 1. The first kappa shape index (κ1) is 23.1. The highest BCUT2D eigenvalue weighted by Crippen LogP contribution is 2.28. The molecule has 0 radical (unpaired) electrons. The van der Waals surface area contributed by atoms with Gasteiger partial charge in [-0.25, -0.2) is 5.43 Å². The maximum absolute atomic E-state index is 12.3. The topological polar surface area (TPSA) is 72.2 Å². The maximum atomic E-state index is 12.3. The van der Waals surface area contributed by atoms with Crippen LogP contribution >= 0.6 is 35.1 Å². The first-order chi connectivity index (χ1) is 16.1. The minimum atomic E-state index is -0.229. The molecule has 0 spiro atoms. The molecule has 3 aromatic carbocycles. The van der Waals surface area contributed by atoms with Crippen LogP contribution in [0.4, 0.5) is 0 Å². The highest BCUT2D eigenvalue weighted by molar-refractivity contribution is 7.99. The number of hydrogen-bond acceptors (Lipinski definition) is 6. The Morgan fingerprint density at radius 2 is 1.76 bits per heavy atom. The Morgan fingerprint density at radius 3 is 2.45 bits per heavy atom. The molecule has 0 aliphatic heterocycles. The van der Waals surface area contributed by atoms with Crippen molar-refractivity contribution in [2.45, 2.75) is 10.1 Å². The lowest BCUT2D eigenvalue weighted by atomic mass is 10.2. The molecule has 0 unspecified atom stereocenters. The Hall–Kier alpha value is -3.07. The lowest BCUT2D eigenvalue weighted by Crippen LogP contribution is -2.20. The minimum absolute atomic E-state index is 0.147. The molecule has 1 aromatic heterocycles. The van der Waals surface area contributed by atoms with Crippen LogP contribution in [0, 0.1) is 0 Å². The van der Waals surface area contributed by atoms with Gasteiger partial charge >= 0.3 is 0 Å². The third kappa shape index (κ3) is 6.04. The van der Waals surface area contributed by atoms with Gasteiger partial charge in [-0.15, -0.1) is 22.0 Å². The molecule has 166 valence electrons. The van der Waals surface area contributed by atoms with E-state index in [2.05, 4.69) is 20.7 Å². The standard InChI is InChI=1S/C24H20ClN5OS2/c1-32-21-13-7-17(8-14-21)15-26-27-22(31)16-33-24-29-28-23(18-9-11-19(25)12-10-18)30(24)20-5-3-2-4-6-20/h2-15H,16H2,1H3,(H,27,31)/b26-15-. The van der Waals surface area contributed by atoms with E-state index in [9.17, 15) is 4.79 Å². The molecule has 0 saturated carbocycles. The average molecular weight is 494 g/mol. The van der Waals surface area contributed by atoms with Crippen LogP contribution in [-0.4, -0.2) is 38.9 Å². The second-order valence-corrected chi connectivity index (χ2v) is 9.10. The zero-order valence-corrected chi connectivity index (χ0v) is 20.1. The zero-order valence-electron chi connectivity index (χ0n) is 17.7. The Morgan fingerprint density at radius 1 is 1.03 bits per heavy atom. The smallest absolute Gasteiger partial charge is 0.250 e. The quantitative estimate of drug-likeness (QED) is 0.198. The molecule has 0 atom stereocenters. The molecule has 1 N–H and O–H groups in total. The summed E-state index contributed by atoms with van der Waals surface area (Å²) in [6.45, 7) is 0. The van der Waals surface area contributed by atoms with E-state index in [4.69, 9.17) is 11.6 Å². The van der Waals surface area contributed by atoms with Crippen molar-refractivity contribution < 1.29 is 4.79 Å². The second kappa shape index (κ2) is 11.2. The van der Waals surface area contributed by atoms with Gasteiger partial charge in [0.2, 0.25) is 0 Å². The van der Waals surface area contributed by atoms with E-state index in [-0.39, 0.29) is 11.7 Å². The molecular weight excluding hydrogens is 474 g/mol. The van der Waals surface area contributed by atoms with Crippen molar-refractivity contribution in [2.24, 2.45) is 5.10 Å². The van der Waals surface area contributed by atoms with Gasteiger partial charge in [0.25, 0.3) is 5.91 Å². The Balaban J connectivity index is 1.46. The van der Waals surface area contributed by atoms with Crippen LogP contribution in [0.25, 0.3) is 17.1 Å². The number of rotatable bonds is 8. The van der Waals surface area contributed by atoms with Crippen LogP contribution in [0.15, 0.2) is 94.0 Å². The number of aromatic nitrogens is 3. The van der Waals surface area contributed by atoms with Gasteiger partial charge in [0.15, 0.2) is 11.0 Å². The van der Waals surface area contributed by atoms with Gasteiger partial charge in [-0.05, 0) is 60.4 Å². The molecule has 4 aromatic rings. The lowest BCUT2D eigenvalue weighted by Gasteiger charge is -2.10. The van der Waals surface area contributed by atoms with Gasteiger partial charge in [-0.1, -0.05) is 53.7 Å². The van der Waals surface area contributed by atoms with E-state index in [1.807, 2.05) is 89.7 Å². The second-order valence-electron chi connectivity index (χ2n) is 6.84. The third-order valence-corrected chi connectivity index (χ3v) is 6.53. The van der Waals surface area contributed by atoms with Crippen molar-refractivity contribution in [2.75, 3.05) is 12.0 Å². The van der Waals surface area contributed by atoms with E-state index in [0.29, 0.717) is 16.0 Å². The fraction of sp³-hybridized carbons (Fsp3) is 0.0833. The Bertz CT molecular complexity index is 1240. The Kier molecular flexibility index (Phi) is 7.83. The SMILES string of the molecule is CSc1ccc(/C=N\NC(=O)CSc2nnc(-c3ccc(Cl)cc3)n2-c2ccccc2)cc1. The van der Waals surface area contributed by atoms with Crippen LogP contribution in [0.3, 0.4) is 0 Å². The first-order valence-corrected chi connectivity index (χ1v) is 12.6. The van der Waals surface area contributed by atoms with Gasteiger partial charge in [0.05, 0.1) is 12.0 Å². The number of carbonyl (C=O) groups is 1. The van der Waals surface area contributed by atoms with Crippen molar-refractivity contribution in [3.05, 3.63) is 89.4 Å². The van der Waals surface area contributed by atoms with E-state index < -0.39 is 0 Å². The number of amides is 1. The molecule has 9 heteroatoms. The third-order valence-electron chi connectivity index (χ3n) is 4.60. The lowest BCUT2D eigenvalue weighted by molar-refractivity contribution is -0.118. The fourth-order valence-corrected chi connectivity index (χ4v) is 4.27. The van der Waals surface area contributed by atoms with Gasteiger partial charge in [-0.3, -0.25) is 9.36 Å². The summed E-state index contributed by atoms with van der Waals surface area (Å²) in [5.74, 6) is 0.592. The fourth-order valence-electron chi connectivity index (χ4n) is 2.99. The Labute approximate surface area is 205 Å². The highest BCUT2D eigenvalue weighted by atomic mass is 35.5. The van der Waals surface area contributed by atoms with Gasteiger partial charge in [-0.2, -0.15) is 5.10 Å². The molecule has 0 aliphatic rings. The van der Waals surface area contributed by atoms with E-state index in [1.165, 1.54) is 16.7 Å². The number of nitrogens with zero attached hydrogens (tertiary/aromatic N) is 4. The van der Waals surface area contributed by atoms with Crippen LogP contribution in [-0.2, 0) is 4.79 Å². The monoisotopic (exact) mass is 493 g/mol. The molecule has 0 aliphatic carbocycles. The van der Waals surface area contributed by atoms with Gasteiger partial charge < -0.3 is 0 Å². The number of para-hydroxylation sites is 1. The molecular formula is C24H20ClN5OS2. The summed E-state index contributed by atoms with van der Waals surface area (Å²) in [5.41, 5.74) is 5.26. The maximum Gasteiger partial charge on any atom is 0.250 e. The van der Waals surface area contributed by atoms with Gasteiger partial charge in [0, 0.05) is 21.2 Å². The van der Waals surface area contributed by atoms with Crippen molar-refractivity contribution in [3.8, 4) is 17.1 Å². The normalized spacial score (nSPS) is 11.1. The number of benzene rings is 3. The summed E-state index contributed by atoms with van der Waals surface area (Å²) in [6.07, 6.45) is 3.65. The largest absolute Gasteiger partial charge is 0.272 e. The molecule has 0 saturated heterocycles. The molecule has 4 rings (SSSR count). The summed E-state index contributed by atoms with van der Waals surface area (Å²) >= 11 is 9.01. The molecule has 33 heavy (non-hydrogen) atoms. The number of nitrogens with one attached hydrogen (secondary N) is 1. The summed E-state index contributed by atoms with van der Waals surface area (Å²) in [7, 11) is 0. The average Bonchev–Trinajstić information content (AvgIpc) is 3.28. The van der Waals surface area contributed by atoms with Crippen LogP contribution < -0.4 is 5.43 Å². The van der Waals surface area contributed by atoms with Gasteiger partial charge in [0.1, 0.15) is 0 Å². The number of hydrogen-bond donors (Lipinski definition) is 1. The van der Waals surface area contributed by atoms with Crippen LogP contribution in [0.1, 0.15) is 5.56 Å². The minimum Gasteiger partial charge on any atom is -0.272 e. The van der Waals surface area contributed by atoms with Crippen LogP contribution in [0.2, 0.25) is 5.02 Å². The predicted molar refractivity (Wildman–Crippen MR) is 136 cm³/mol. The molecule has 0 fully saturated rings. The first-order valence-electron chi connectivity index (χ1n) is 9.99. The van der Waals surface area contributed by atoms with E-state index in [1.54, 1.807) is 18.0 Å². The van der Waals surface area contributed by atoms with E-state index >= 15 is 0 Å².